The van der Waals surface area contributed by atoms with Gasteiger partial charge in [-0.05, 0) is 18.8 Å². The lowest BCUT2D eigenvalue weighted by Crippen LogP contribution is -2.38. The molecule has 0 spiro atoms. The average molecular weight is 327 g/mol. The number of hydrogen-bond acceptors (Lipinski definition) is 4. The predicted octanol–water partition coefficient (Wildman–Crippen LogP) is 2.31. The van der Waals surface area contributed by atoms with Gasteiger partial charge in [-0.2, -0.15) is 5.10 Å². The molecule has 3 rings (SSSR count). The number of carbonyl (C=O) groups excluding carboxylic acids is 1. The number of aryl methyl sites for hydroxylation is 1. The van der Waals surface area contributed by atoms with Crippen molar-refractivity contribution in [3.05, 3.63) is 30.5 Å². The molecule has 6 heteroatoms. The number of amides is 1. The van der Waals surface area contributed by atoms with Gasteiger partial charge < -0.3 is 4.90 Å². The second-order valence-corrected chi connectivity index (χ2v) is 7.61. The van der Waals surface area contributed by atoms with Crippen LogP contribution in [0.2, 0.25) is 0 Å². The van der Waals surface area contributed by atoms with Gasteiger partial charge >= 0.3 is 0 Å². The van der Waals surface area contributed by atoms with Gasteiger partial charge in [0, 0.05) is 49.7 Å². The van der Waals surface area contributed by atoms with Gasteiger partial charge in [0.25, 0.3) is 0 Å². The largest absolute Gasteiger partial charge is 0.342 e. The molecule has 3 heterocycles. The summed E-state index contributed by atoms with van der Waals surface area (Å²) in [6, 6.07) is 0. The van der Waals surface area contributed by atoms with E-state index in [0.717, 1.165) is 42.9 Å². The van der Waals surface area contributed by atoms with E-state index < -0.39 is 0 Å². The smallest absolute Gasteiger partial charge is 0.227 e. The normalized spacial score (nSPS) is 18.2. The van der Waals surface area contributed by atoms with E-state index in [1.54, 1.807) is 17.1 Å². The quantitative estimate of drug-likeness (QED) is 0.868. The fraction of sp³-hybridized carbons (Fsp3) is 0.556. The van der Waals surface area contributed by atoms with Gasteiger partial charge in [-0.15, -0.1) is 0 Å². The van der Waals surface area contributed by atoms with Gasteiger partial charge in [-0.25, -0.2) is 0 Å². The fourth-order valence-electron chi connectivity index (χ4n) is 3.23. The highest BCUT2D eigenvalue weighted by molar-refractivity contribution is 5.81. The highest BCUT2D eigenvalue weighted by Crippen LogP contribution is 2.28. The lowest BCUT2D eigenvalue weighted by Gasteiger charge is -2.25. The average Bonchev–Trinajstić information content (AvgIpc) is 3.15. The Morgan fingerprint density at radius 1 is 1.29 bits per heavy atom. The number of carbonyl (C=O) groups is 1. The van der Waals surface area contributed by atoms with Gasteiger partial charge in [0.2, 0.25) is 5.91 Å². The third-order valence-electron chi connectivity index (χ3n) is 4.45. The van der Waals surface area contributed by atoms with Crippen molar-refractivity contribution in [2.24, 2.45) is 18.4 Å². The first kappa shape index (κ1) is 16.6. The van der Waals surface area contributed by atoms with Gasteiger partial charge in [-0.3, -0.25) is 19.4 Å². The van der Waals surface area contributed by atoms with Crippen molar-refractivity contribution in [1.29, 1.82) is 0 Å². The number of rotatable bonds is 3. The van der Waals surface area contributed by atoms with Gasteiger partial charge in [0.15, 0.2) is 0 Å². The summed E-state index contributed by atoms with van der Waals surface area (Å²) in [6.07, 6.45) is 9.09. The van der Waals surface area contributed by atoms with E-state index in [1.165, 1.54) is 0 Å². The van der Waals surface area contributed by atoms with Crippen molar-refractivity contribution < 1.29 is 4.79 Å². The van der Waals surface area contributed by atoms with Gasteiger partial charge in [0.1, 0.15) is 0 Å². The van der Waals surface area contributed by atoms with Crippen LogP contribution in [-0.4, -0.2) is 43.6 Å². The van der Waals surface area contributed by atoms with Crippen LogP contribution in [0.15, 0.2) is 24.8 Å². The first-order valence-corrected chi connectivity index (χ1v) is 8.43. The molecule has 1 aliphatic rings. The first-order valence-electron chi connectivity index (χ1n) is 8.43. The zero-order chi connectivity index (χ0) is 17.3. The second kappa shape index (κ2) is 6.34. The molecule has 0 aliphatic carbocycles. The molecule has 0 unspecified atom stereocenters. The van der Waals surface area contributed by atoms with E-state index in [4.69, 9.17) is 0 Å². The molecule has 0 aromatic carbocycles. The van der Waals surface area contributed by atoms with Crippen molar-refractivity contribution in [1.82, 2.24) is 24.6 Å². The van der Waals surface area contributed by atoms with Crippen LogP contribution < -0.4 is 0 Å². The minimum atomic E-state index is -0.317. The molecule has 1 aliphatic heterocycles. The molecule has 128 valence electrons. The molecule has 2 aromatic heterocycles. The van der Waals surface area contributed by atoms with E-state index in [2.05, 4.69) is 15.1 Å². The predicted molar refractivity (Wildman–Crippen MR) is 92.1 cm³/mol. The minimum absolute atomic E-state index is 0.233. The molecule has 0 bridgehead atoms. The number of hydrogen-bond donors (Lipinski definition) is 0. The SMILES string of the molecule is Cn1cc(-c2nccnc2C[C@@H]2CCN(C(=O)C(C)(C)C)C2)cn1. The third-order valence-corrected chi connectivity index (χ3v) is 4.45. The van der Waals surface area contributed by atoms with Crippen LogP contribution in [0.1, 0.15) is 32.9 Å². The van der Waals surface area contributed by atoms with Crippen molar-refractivity contribution in [3.63, 3.8) is 0 Å². The molecule has 1 saturated heterocycles. The Labute approximate surface area is 142 Å². The maximum atomic E-state index is 12.4. The highest BCUT2D eigenvalue weighted by Gasteiger charge is 2.33. The van der Waals surface area contributed by atoms with Crippen LogP contribution >= 0.6 is 0 Å². The van der Waals surface area contributed by atoms with E-state index in [1.807, 2.05) is 45.1 Å². The standard InChI is InChI=1S/C18H25N5O/c1-18(2,3)17(24)23-8-5-13(11-23)9-15-16(20-7-6-19-15)14-10-21-22(4)12-14/h6-7,10,12-13H,5,8-9,11H2,1-4H3/t13-/m0/s1. The molecule has 0 radical (unpaired) electrons. The molecule has 2 aromatic rings. The molecule has 24 heavy (non-hydrogen) atoms. The van der Waals surface area contributed by atoms with Crippen molar-refractivity contribution in [2.45, 2.75) is 33.6 Å². The van der Waals surface area contributed by atoms with E-state index in [9.17, 15) is 4.79 Å². The molecular formula is C18H25N5O. The molecule has 6 nitrogen and oxygen atoms in total. The van der Waals surface area contributed by atoms with Crippen molar-refractivity contribution in [3.8, 4) is 11.3 Å². The molecule has 0 saturated carbocycles. The minimum Gasteiger partial charge on any atom is -0.342 e. The molecular weight excluding hydrogens is 302 g/mol. The molecule has 1 amide bonds. The van der Waals surface area contributed by atoms with Crippen LogP contribution in [0.3, 0.4) is 0 Å². The maximum Gasteiger partial charge on any atom is 0.227 e. The Hall–Kier alpha value is -2.24. The van der Waals surface area contributed by atoms with Crippen LogP contribution in [0, 0.1) is 11.3 Å². The van der Waals surface area contributed by atoms with Crippen LogP contribution in [0.25, 0.3) is 11.3 Å². The van der Waals surface area contributed by atoms with E-state index >= 15 is 0 Å². The molecule has 1 fully saturated rings. The van der Waals surface area contributed by atoms with Crippen molar-refractivity contribution in [2.75, 3.05) is 13.1 Å². The summed E-state index contributed by atoms with van der Waals surface area (Å²) in [5.41, 5.74) is 2.55. The summed E-state index contributed by atoms with van der Waals surface area (Å²) in [5, 5.41) is 4.22. The summed E-state index contributed by atoms with van der Waals surface area (Å²) in [4.78, 5) is 23.5. The number of nitrogens with zero attached hydrogens (tertiary/aromatic N) is 5. The lowest BCUT2D eigenvalue weighted by molar-refractivity contribution is -0.138. The summed E-state index contributed by atoms with van der Waals surface area (Å²) < 4.78 is 1.77. The zero-order valence-corrected chi connectivity index (χ0v) is 14.9. The Bertz CT molecular complexity index is 731. The summed E-state index contributed by atoms with van der Waals surface area (Å²) in [6.45, 7) is 7.58. The summed E-state index contributed by atoms with van der Waals surface area (Å²) in [5.74, 6) is 0.667. The first-order chi connectivity index (χ1) is 11.3. The monoisotopic (exact) mass is 327 g/mol. The zero-order valence-electron chi connectivity index (χ0n) is 14.9. The van der Waals surface area contributed by atoms with Crippen LogP contribution in [0.4, 0.5) is 0 Å². The topological polar surface area (TPSA) is 63.9 Å². The Morgan fingerprint density at radius 3 is 2.71 bits per heavy atom. The van der Waals surface area contributed by atoms with Gasteiger partial charge in [0.05, 0.1) is 17.6 Å². The van der Waals surface area contributed by atoms with Gasteiger partial charge in [-0.1, -0.05) is 20.8 Å². The highest BCUT2D eigenvalue weighted by atomic mass is 16.2. The van der Waals surface area contributed by atoms with E-state index in [0.29, 0.717) is 5.92 Å². The maximum absolute atomic E-state index is 12.4. The second-order valence-electron chi connectivity index (χ2n) is 7.61. The summed E-state index contributed by atoms with van der Waals surface area (Å²) in [7, 11) is 1.90. The number of likely N-dealkylation sites (tertiary alicyclic amines) is 1. The third kappa shape index (κ3) is 3.47. The van der Waals surface area contributed by atoms with Crippen LogP contribution in [0.5, 0.6) is 0 Å². The number of aromatic nitrogens is 4. The Kier molecular flexibility index (Phi) is 4.39. The Morgan fingerprint density at radius 2 is 2.04 bits per heavy atom. The lowest BCUT2D eigenvalue weighted by atomic mass is 9.95. The molecule has 1 atom stereocenters. The van der Waals surface area contributed by atoms with Crippen LogP contribution in [-0.2, 0) is 18.3 Å². The fourth-order valence-corrected chi connectivity index (χ4v) is 3.23. The summed E-state index contributed by atoms with van der Waals surface area (Å²) >= 11 is 0. The van der Waals surface area contributed by atoms with Crippen molar-refractivity contribution >= 4 is 5.91 Å². The molecule has 0 N–H and O–H groups in total. The Balaban J connectivity index is 1.73. The van der Waals surface area contributed by atoms with E-state index in [-0.39, 0.29) is 11.3 Å².